The van der Waals surface area contributed by atoms with Gasteiger partial charge in [-0.1, -0.05) is 0 Å². The number of carbonyl (C=O) groups excluding carboxylic acids is 1. The third kappa shape index (κ3) is 5.94. The van der Waals surface area contributed by atoms with Crippen molar-refractivity contribution in [1.82, 2.24) is 0 Å². The minimum atomic E-state index is -4.79. The topological polar surface area (TPSA) is 143 Å². The van der Waals surface area contributed by atoms with E-state index in [4.69, 9.17) is 19.3 Å². The Balaban J connectivity index is 2.41. The quantitative estimate of drug-likeness (QED) is 0.432. The third-order valence-corrected chi connectivity index (χ3v) is 3.11. The van der Waals surface area contributed by atoms with Crippen LogP contribution >= 0.6 is 7.82 Å². The summed E-state index contributed by atoms with van der Waals surface area (Å²) in [4.78, 5) is 28.2. The fourth-order valence-corrected chi connectivity index (χ4v) is 2.02. The Hall–Kier alpha value is -0.380. The first-order valence-corrected chi connectivity index (χ1v) is 7.44. The van der Waals surface area contributed by atoms with Crippen molar-refractivity contribution in [2.24, 2.45) is 0 Å². The van der Waals surface area contributed by atoms with Crippen LogP contribution < -0.4 is 0 Å². The molecule has 0 aromatic heterocycles. The summed E-state index contributed by atoms with van der Waals surface area (Å²) in [5.41, 5.74) is 0. The zero-order chi connectivity index (χ0) is 15.6. The number of carbonyl (C=O) groups is 1. The summed E-state index contributed by atoms with van der Waals surface area (Å²) >= 11 is 0. The first-order chi connectivity index (χ1) is 9.00. The molecule has 0 aromatic rings. The maximum Gasteiger partial charge on any atom is 0.470 e. The molecule has 1 saturated heterocycles. The van der Waals surface area contributed by atoms with Crippen molar-refractivity contribution in [3.63, 3.8) is 0 Å². The van der Waals surface area contributed by atoms with Crippen molar-refractivity contribution in [1.29, 1.82) is 0 Å². The van der Waals surface area contributed by atoms with E-state index in [2.05, 4.69) is 4.52 Å². The van der Waals surface area contributed by atoms with Crippen LogP contribution in [-0.4, -0.2) is 63.1 Å². The highest BCUT2D eigenvalue weighted by atomic mass is 31.2. The van der Waals surface area contributed by atoms with E-state index >= 15 is 0 Å². The summed E-state index contributed by atoms with van der Waals surface area (Å²) in [5.74, 6) is -1.82. The van der Waals surface area contributed by atoms with Crippen LogP contribution in [0.25, 0.3) is 0 Å². The Morgan fingerprint density at radius 1 is 1.45 bits per heavy atom. The van der Waals surface area contributed by atoms with Gasteiger partial charge in [-0.05, 0) is 13.8 Å². The molecule has 3 atom stereocenters. The molecule has 0 radical (unpaired) electrons. The van der Waals surface area contributed by atoms with Gasteiger partial charge in [0.25, 0.3) is 0 Å². The van der Waals surface area contributed by atoms with Gasteiger partial charge in [-0.2, -0.15) is 0 Å². The number of hydrogen-bond donors (Lipinski definition) is 4. The maximum atomic E-state index is 11.4. The molecule has 9 nitrogen and oxygen atoms in total. The van der Waals surface area contributed by atoms with Gasteiger partial charge in [-0.15, -0.1) is 0 Å². The smallest absolute Gasteiger partial charge is 0.390 e. The SMILES string of the molecule is CC1(C)OC[C@@H](C[C@@H](O)[C@H](O)C(=O)COP(=O)(O)O)O1. The van der Waals surface area contributed by atoms with Gasteiger partial charge in [-0.25, -0.2) is 4.57 Å². The number of aliphatic hydroxyl groups is 2. The second-order valence-corrected chi connectivity index (χ2v) is 6.17. The van der Waals surface area contributed by atoms with Crippen molar-refractivity contribution in [3.05, 3.63) is 0 Å². The number of phosphoric ester groups is 1. The Bertz CT molecular complexity index is 390. The summed E-state index contributed by atoms with van der Waals surface area (Å²) in [6.07, 6.45) is -3.78. The molecule has 0 aromatic carbocycles. The van der Waals surface area contributed by atoms with Crippen LogP contribution in [0.15, 0.2) is 0 Å². The van der Waals surface area contributed by atoms with Crippen LogP contribution in [-0.2, 0) is 23.4 Å². The second-order valence-electron chi connectivity index (χ2n) is 4.93. The number of ketones is 1. The van der Waals surface area contributed by atoms with Gasteiger partial charge in [0, 0.05) is 6.42 Å². The molecule has 0 saturated carbocycles. The molecule has 118 valence electrons. The van der Waals surface area contributed by atoms with Crippen molar-refractivity contribution < 1.29 is 43.4 Å². The number of hydrogen-bond acceptors (Lipinski definition) is 7. The highest BCUT2D eigenvalue weighted by Gasteiger charge is 2.36. The second kappa shape index (κ2) is 6.59. The number of ether oxygens (including phenoxy) is 2. The predicted molar refractivity (Wildman–Crippen MR) is 64.5 cm³/mol. The monoisotopic (exact) mass is 314 g/mol. The van der Waals surface area contributed by atoms with Gasteiger partial charge < -0.3 is 29.5 Å². The minimum Gasteiger partial charge on any atom is -0.390 e. The lowest BCUT2D eigenvalue weighted by Gasteiger charge is -2.21. The standard InChI is InChI=1S/C10H19O9P/c1-10(2)17-4-6(19-10)3-7(11)9(13)8(12)5-18-20(14,15)16/h6-7,9,11,13H,3-5H2,1-2H3,(H2,14,15,16)/t6-,7-,9+/m1/s1. The first kappa shape index (κ1) is 17.7. The third-order valence-electron chi connectivity index (χ3n) is 2.64. The zero-order valence-corrected chi connectivity index (χ0v) is 12.0. The molecule has 1 rings (SSSR count). The molecular formula is C10H19O9P. The van der Waals surface area contributed by atoms with Crippen molar-refractivity contribution in [3.8, 4) is 0 Å². The molecule has 0 unspecified atom stereocenters. The lowest BCUT2D eigenvalue weighted by molar-refractivity contribution is -0.147. The van der Waals surface area contributed by atoms with E-state index in [1.165, 1.54) is 0 Å². The lowest BCUT2D eigenvalue weighted by Crippen LogP contribution is -2.39. The highest BCUT2D eigenvalue weighted by Crippen LogP contribution is 2.35. The molecule has 10 heteroatoms. The fraction of sp³-hybridized carbons (Fsp3) is 0.900. The summed E-state index contributed by atoms with van der Waals surface area (Å²) in [6, 6.07) is 0. The molecular weight excluding hydrogens is 295 g/mol. The Morgan fingerprint density at radius 3 is 2.50 bits per heavy atom. The van der Waals surface area contributed by atoms with Crippen molar-refractivity contribution in [2.45, 2.75) is 44.4 Å². The molecule has 1 fully saturated rings. The summed E-state index contributed by atoms with van der Waals surface area (Å²) < 4.78 is 25.0. The molecule has 1 aliphatic rings. The van der Waals surface area contributed by atoms with Crippen LogP contribution in [0, 0.1) is 0 Å². The first-order valence-electron chi connectivity index (χ1n) is 5.91. The van der Waals surface area contributed by atoms with E-state index < -0.39 is 44.3 Å². The molecule has 1 aliphatic heterocycles. The largest absolute Gasteiger partial charge is 0.470 e. The predicted octanol–water partition coefficient (Wildman–Crippen LogP) is -1.07. The van der Waals surface area contributed by atoms with Crippen molar-refractivity contribution >= 4 is 13.6 Å². The van der Waals surface area contributed by atoms with Gasteiger partial charge >= 0.3 is 7.82 Å². The Labute approximate surface area is 115 Å². The average Bonchev–Trinajstić information content (AvgIpc) is 2.63. The van der Waals surface area contributed by atoms with Crippen LogP contribution in [0.3, 0.4) is 0 Å². The van der Waals surface area contributed by atoms with E-state index in [-0.39, 0.29) is 13.0 Å². The molecule has 0 aliphatic carbocycles. The molecule has 0 bridgehead atoms. The van der Waals surface area contributed by atoms with E-state index in [9.17, 15) is 19.6 Å². The van der Waals surface area contributed by atoms with Gasteiger partial charge in [0.05, 0.1) is 18.8 Å². The normalized spacial score (nSPS) is 25.4. The van der Waals surface area contributed by atoms with Crippen LogP contribution in [0.1, 0.15) is 20.3 Å². The van der Waals surface area contributed by atoms with Gasteiger partial charge in [0.2, 0.25) is 0 Å². The molecule has 0 spiro atoms. The van der Waals surface area contributed by atoms with Crippen LogP contribution in [0.2, 0.25) is 0 Å². The molecule has 4 N–H and O–H groups in total. The average molecular weight is 314 g/mol. The van der Waals surface area contributed by atoms with E-state index in [1.807, 2.05) is 0 Å². The summed E-state index contributed by atoms with van der Waals surface area (Å²) in [5, 5.41) is 19.2. The summed E-state index contributed by atoms with van der Waals surface area (Å²) in [7, 11) is -4.79. The molecule has 0 amide bonds. The van der Waals surface area contributed by atoms with E-state index in [0.717, 1.165) is 0 Å². The van der Waals surface area contributed by atoms with Crippen LogP contribution in [0.4, 0.5) is 0 Å². The summed E-state index contributed by atoms with van der Waals surface area (Å²) in [6.45, 7) is 2.60. The van der Waals surface area contributed by atoms with E-state index in [1.54, 1.807) is 13.8 Å². The Kier molecular flexibility index (Phi) is 5.82. The molecule has 1 heterocycles. The molecule has 20 heavy (non-hydrogen) atoms. The van der Waals surface area contributed by atoms with E-state index in [0.29, 0.717) is 0 Å². The minimum absolute atomic E-state index is 0.0494. The number of rotatable bonds is 7. The number of phosphoric acid groups is 1. The van der Waals surface area contributed by atoms with Crippen LogP contribution in [0.5, 0.6) is 0 Å². The maximum absolute atomic E-state index is 11.4. The van der Waals surface area contributed by atoms with Gasteiger partial charge in [0.1, 0.15) is 12.7 Å². The Morgan fingerprint density at radius 2 is 2.05 bits per heavy atom. The number of Topliss-reactive ketones (excluding diaryl/α,β-unsaturated/α-hetero) is 1. The van der Waals surface area contributed by atoms with Gasteiger partial charge in [-0.3, -0.25) is 9.32 Å². The number of aliphatic hydroxyl groups excluding tert-OH is 2. The zero-order valence-electron chi connectivity index (χ0n) is 11.1. The highest BCUT2D eigenvalue weighted by molar-refractivity contribution is 7.46. The van der Waals surface area contributed by atoms with Gasteiger partial charge in [0.15, 0.2) is 11.6 Å². The fourth-order valence-electron chi connectivity index (χ4n) is 1.73. The van der Waals surface area contributed by atoms with Crippen molar-refractivity contribution in [2.75, 3.05) is 13.2 Å². The lowest BCUT2D eigenvalue weighted by atomic mass is 10.0.